The summed E-state index contributed by atoms with van der Waals surface area (Å²) < 4.78 is 5.33. The van der Waals surface area contributed by atoms with Crippen molar-refractivity contribution in [2.75, 3.05) is 57.9 Å². The number of methoxy groups -OCH3 is 1. The van der Waals surface area contributed by atoms with E-state index in [2.05, 4.69) is 32.9 Å². The van der Waals surface area contributed by atoms with Crippen molar-refractivity contribution in [3.05, 3.63) is 29.3 Å². The van der Waals surface area contributed by atoms with Gasteiger partial charge in [-0.05, 0) is 49.8 Å². The van der Waals surface area contributed by atoms with Crippen molar-refractivity contribution in [3.8, 4) is 0 Å². The zero-order valence-electron chi connectivity index (χ0n) is 15.9. The van der Waals surface area contributed by atoms with Gasteiger partial charge in [-0.2, -0.15) is 0 Å². The lowest BCUT2D eigenvalue weighted by Crippen LogP contribution is -2.48. The SMILES string of the molecule is COCCN1C[C@@H]2CC[C@H]1CN(C1CCN(c3cccc(Cl)c3)CC1)C2. The molecule has 5 heteroatoms. The normalized spacial score (nSPS) is 28.5. The van der Waals surface area contributed by atoms with Crippen molar-refractivity contribution in [1.82, 2.24) is 9.80 Å². The number of rotatable bonds is 5. The topological polar surface area (TPSA) is 19.0 Å². The van der Waals surface area contributed by atoms with Crippen LogP contribution in [-0.4, -0.2) is 74.9 Å². The van der Waals surface area contributed by atoms with Crippen molar-refractivity contribution in [3.63, 3.8) is 0 Å². The average Bonchev–Trinajstić information content (AvgIpc) is 2.98. The Bertz CT molecular complexity index is 590. The maximum absolute atomic E-state index is 6.17. The molecule has 0 aliphatic carbocycles. The van der Waals surface area contributed by atoms with Crippen LogP contribution in [0.3, 0.4) is 0 Å². The number of fused-ring (bicyclic) bond motifs is 4. The van der Waals surface area contributed by atoms with E-state index in [1.54, 1.807) is 0 Å². The summed E-state index contributed by atoms with van der Waals surface area (Å²) in [6, 6.07) is 9.78. The Morgan fingerprint density at radius 3 is 2.65 bits per heavy atom. The first-order valence-corrected chi connectivity index (χ1v) is 10.6. The minimum absolute atomic E-state index is 0.731. The van der Waals surface area contributed by atoms with E-state index in [0.29, 0.717) is 0 Å². The van der Waals surface area contributed by atoms with Crippen molar-refractivity contribution >= 4 is 17.3 Å². The van der Waals surface area contributed by atoms with Crippen LogP contribution in [0.15, 0.2) is 24.3 Å². The summed E-state index contributed by atoms with van der Waals surface area (Å²) in [5.41, 5.74) is 1.28. The molecule has 0 saturated carbocycles. The minimum atomic E-state index is 0.731. The van der Waals surface area contributed by atoms with Gasteiger partial charge in [0, 0.05) is 69.2 Å². The molecule has 4 aliphatic heterocycles. The number of hydrogen-bond acceptors (Lipinski definition) is 4. The van der Waals surface area contributed by atoms with Crippen molar-refractivity contribution in [2.45, 2.75) is 37.8 Å². The number of nitrogens with zero attached hydrogens (tertiary/aromatic N) is 3. The van der Waals surface area contributed by atoms with E-state index in [1.807, 2.05) is 13.2 Å². The summed E-state index contributed by atoms with van der Waals surface area (Å²) in [5.74, 6) is 0.844. The fraction of sp³-hybridized carbons (Fsp3) is 0.714. The molecular formula is C21H32ClN3O. The van der Waals surface area contributed by atoms with E-state index in [-0.39, 0.29) is 0 Å². The highest BCUT2D eigenvalue weighted by Gasteiger charge is 2.37. The molecule has 0 radical (unpaired) electrons. The van der Waals surface area contributed by atoms with Crippen molar-refractivity contribution in [2.24, 2.45) is 5.92 Å². The summed E-state index contributed by atoms with van der Waals surface area (Å²) in [6.07, 6.45) is 5.31. The predicted molar refractivity (Wildman–Crippen MR) is 108 cm³/mol. The Kier molecular flexibility index (Phi) is 6.04. The zero-order chi connectivity index (χ0) is 17.9. The quantitative estimate of drug-likeness (QED) is 0.783. The third kappa shape index (κ3) is 4.19. The van der Waals surface area contributed by atoms with Crippen LogP contribution >= 0.6 is 11.6 Å². The fourth-order valence-electron chi connectivity index (χ4n) is 5.16. The third-order valence-electron chi connectivity index (χ3n) is 6.59. The van der Waals surface area contributed by atoms with Gasteiger partial charge in [-0.3, -0.25) is 9.80 Å². The molecule has 0 aromatic heterocycles. The van der Waals surface area contributed by atoms with E-state index in [0.717, 1.165) is 49.3 Å². The second-order valence-corrected chi connectivity index (χ2v) is 8.67. The Morgan fingerprint density at radius 2 is 1.88 bits per heavy atom. The van der Waals surface area contributed by atoms with Crippen LogP contribution in [0, 0.1) is 5.92 Å². The molecule has 4 nitrogen and oxygen atoms in total. The largest absolute Gasteiger partial charge is 0.383 e. The molecule has 1 aromatic rings. The smallest absolute Gasteiger partial charge is 0.0589 e. The van der Waals surface area contributed by atoms with Crippen LogP contribution < -0.4 is 4.90 Å². The van der Waals surface area contributed by atoms with Gasteiger partial charge in [0.15, 0.2) is 0 Å². The first kappa shape index (κ1) is 18.5. The van der Waals surface area contributed by atoms with Crippen LogP contribution in [0.25, 0.3) is 0 Å². The van der Waals surface area contributed by atoms with Gasteiger partial charge in [-0.1, -0.05) is 17.7 Å². The Hall–Kier alpha value is -0.810. The molecule has 144 valence electrons. The Labute approximate surface area is 163 Å². The van der Waals surface area contributed by atoms with E-state index in [9.17, 15) is 0 Å². The number of piperidine rings is 2. The second kappa shape index (κ2) is 8.47. The number of hydrogen-bond donors (Lipinski definition) is 0. The number of halogens is 1. The van der Waals surface area contributed by atoms with Crippen molar-refractivity contribution in [1.29, 1.82) is 0 Å². The van der Waals surface area contributed by atoms with Gasteiger partial charge in [-0.15, -0.1) is 0 Å². The molecule has 2 bridgehead atoms. The molecule has 4 fully saturated rings. The molecule has 0 amide bonds. The summed E-state index contributed by atoms with van der Waals surface area (Å²) >= 11 is 6.17. The van der Waals surface area contributed by atoms with Gasteiger partial charge in [-0.25, -0.2) is 0 Å². The molecular weight excluding hydrogens is 346 g/mol. The van der Waals surface area contributed by atoms with E-state index in [1.165, 1.54) is 51.0 Å². The van der Waals surface area contributed by atoms with Gasteiger partial charge < -0.3 is 9.64 Å². The summed E-state index contributed by atoms with van der Waals surface area (Å²) in [4.78, 5) is 8.02. The van der Waals surface area contributed by atoms with Crippen LogP contribution in [-0.2, 0) is 4.74 Å². The van der Waals surface area contributed by atoms with Crippen LogP contribution in [0.4, 0.5) is 5.69 Å². The highest BCUT2D eigenvalue weighted by atomic mass is 35.5. The van der Waals surface area contributed by atoms with Gasteiger partial charge in [0.25, 0.3) is 0 Å². The molecule has 2 atom stereocenters. The molecule has 4 saturated heterocycles. The predicted octanol–water partition coefficient (Wildman–Crippen LogP) is 3.35. The molecule has 26 heavy (non-hydrogen) atoms. The second-order valence-electron chi connectivity index (χ2n) is 8.24. The fourth-order valence-corrected chi connectivity index (χ4v) is 5.34. The highest BCUT2D eigenvalue weighted by molar-refractivity contribution is 6.30. The molecule has 4 heterocycles. The molecule has 0 unspecified atom stereocenters. The summed E-state index contributed by atoms with van der Waals surface area (Å²) in [6.45, 7) is 8.06. The molecule has 5 rings (SSSR count). The lowest BCUT2D eigenvalue weighted by Gasteiger charge is -2.40. The number of ether oxygens (including phenoxy) is 1. The lowest BCUT2D eigenvalue weighted by molar-refractivity contribution is 0.0846. The third-order valence-corrected chi connectivity index (χ3v) is 6.83. The van der Waals surface area contributed by atoms with Gasteiger partial charge >= 0.3 is 0 Å². The van der Waals surface area contributed by atoms with Crippen molar-refractivity contribution < 1.29 is 4.74 Å². The maximum atomic E-state index is 6.17. The first-order chi connectivity index (χ1) is 12.7. The van der Waals surface area contributed by atoms with E-state index in [4.69, 9.17) is 16.3 Å². The molecule has 1 aromatic carbocycles. The Morgan fingerprint density at radius 1 is 1.04 bits per heavy atom. The Balaban J connectivity index is 1.34. The summed E-state index contributed by atoms with van der Waals surface area (Å²) in [7, 11) is 1.82. The van der Waals surface area contributed by atoms with Gasteiger partial charge in [0.1, 0.15) is 0 Å². The monoisotopic (exact) mass is 377 g/mol. The minimum Gasteiger partial charge on any atom is -0.383 e. The standard InChI is InChI=1S/C21H32ClN3O/c1-26-12-11-24-14-17-5-6-21(24)16-25(15-17)19-7-9-23(10-8-19)20-4-2-3-18(22)13-20/h2-4,13,17,19,21H,5-12,14-16H2,1H3/t17-,21-/m0/s1. The lowest BCUT2D eigenvalue weighted by atomic mass is 9.95. The summed E-state index contributed by atoms with van der Waals surface area (Å²) in [5, 5.41) is 0.838. The molecule has 0 spiro atoms. The molecule has 0 N–H and O–H groups in total. The van der Waals surface area contributed by atoms with E-state index < -0.39 is 0 Å². The number of benzene rings is 1. The highest BCUT2D eigenvalue weighted by Crippen LogP contribution is 2.31. The molecule has 4 aliphatic rings. The van der Waals surface area contributed by atoms with Crippen LogP contribution in [0.2, 0.25) is 5.02 Å². The van der Waals surface area contributed by atoms with Gasteiger partial charge in [0.05, 0.1) is 6.61 Å². The van der Waals surface area contributed by atoms with E-state index >= 15 is 0 Å². The first-order valence-electron chi connectivity index (χ1n) is 10.2. The van der Waals surface area contributed by atoms with Gasteiger partial charge in [0.2, 0.25) is 0 Å². The van der Waals surface area contributed by atoms with Crippen LogP contribution in [0.5, 0.6) is 0 Å². The maximum Gasteiger partial charge on any atom is 0.0589 e. The van der Waals surface area contributed by atoms with Crippen LogP contribution in [0.1, 0.15) is 25.7 Å². The zero-order valence-corrected chi connectivity index (χ0v) is 16.7. The number of anilines is 1. The average molecular weight is 378 g/mol.